The zero-order valence-corrected chi connectivity index (χ0v) is 16.0. The van der Waals surface area contributed by atoms with Crippen molar-refractivity contribution in [2.75, 3.05) is 12.0 Å². The predicted octanol–water partition coefficient (Wildman–Crippen LogP) is 5.41. The summed E-state index contributed by atoms with van der Waals surface area (Å²) in [7, 11) is 1.62. The van der Waals surface area contributed by atoms with E-state index in [2.05, 4.69) is 4.90 Å². The fraction of sp³-hybridized carbons (Fsp3) is 0.304. The third-order valence-corrected chi connectivity index (χ3v) is 5.44. The summed E-state index contributed by atoms with van der Waals surface area (Å²) < 4.78 is 5.33. The van der Waals surface area contributed by atoms with Crippen LogP contribution in [0.2, 0.25) is 0 Å². The van der Waals surface area contributed by atoms with Crippen LogP contribution in [0.25, 0.3) is 10.9 Å². The lowest BCUT2D eigenvalue weighted by Gasteiger charge is -2.36. The number of para-hydroxylation sites is 1. The Morgan fingerprint density at radius 3 is 2.50 bits per heavy atom. The van der Waals surface area contributed by atoms with Gasteiger partial charge in [0.25, 0.3) is 0 Å². The van der Waals surface area contributed by atoms with E-state index in [1.807, 2.05) is 48.5 Å². The van der Waals surface area contributed by atoms with Gasteiger partial charge in [-0.05, 0) is 43.2 Å². The highest BCUT2D eigenvalue weighted by Gasteiger charge is 2.28. The van der Waals surface area contributed by atoms with E-state index in [9.17, 15) is 9.90 Å². The molecule has 1 N–H and O–H groups in total. The second-order valence-corrected chi connectivity index (χ2v) is 7.22. The molecule has 0 spiro atoms. The van der Waals surface area contributed by atoms with Crippen LogP contribution in [-0.4, -0.2) is 29.2 Å². The SMILES string of the molecule is COc1ccc2cc(C(=O)O)c(N(c3ccccc3)C3CCCCC3)nc2c1. The van der Waals surface area contributed by atoms with Crippen LogP contribution >= 0.6 is 0 Å². The van der Waals surface area contributed by atoms with E-state index < -0.39 is 5.97 Å². The zero-order chi connectivity index (χ0) is 19.5. The molecule has 1 fully saturated rings. The smallest absolute Gasteiger partial charge is 0.339 e. The molecule has 1 heterocycles. The molecule has 2 aromatic carbocycles. The summed E-state index contributed by atoms with van der Waals surface area (Å²) in [6, 6.07) is 17.5. The molecule has 0 saturated heterocycles. The minimum atomic E-state index is -0.961. The van der Waals surface area contributed by atoms with E-state index in [4.69, 9.17) is 9.72 Å². The molecular formula is C23H24N2O3. The molecule has 4 rings (SSSR count). The number of ether oxygens (including phenoxy) is 1. The maximum atomic E-state index is 12.1. The van der Waals surface area contributed by atoms with E-state index in [1.54, 1.807) is 13.2 Å². The number of anilines is 2. The fourth-order valence-electron chi connectivity index (χ4n) is 4.04. The van der Waals surface area contributed by atoms with Crippen molar-refractivity contribution in [3.8, 4) is 5.75 Å². The number of nitrogens with zero attached hydrogens (tertiary/aromatic N) is 2. The number of fused-ring (bicyclic) bond motifs is 1. The Hall–Kier alpha value is -3.08. The second kappa shape index (κ2) is 7.89. The number of carboxylic acids is 1. The van der Waals surface area contributed by atoms with E-state index in [1.165, 1.54) is 6.42 Å². The third kappa shape index (κ3) is 3.52. The minimum Gasteiger partial charge on any atom is -0.497 e. The molecular weight excluding hydrogens is 352 g/mol. The lowest BCUT2D eigenvalue weighted by atomic mass is 9.93. The first-order valence-corrected chi connectivity index (χ1v) is 9.74. The monoisotopic (exact) mass is 376 g/mol. The van der Waals surface area contributed by atoms with E-state index in [-0.39, 0.29) is 11.6 Å². The van der Waals surface area contributed by atoms with Crippen molar-refractivity contribution in [2.24, 2.45) is 0 Å². The molecule has 1 aliphatic carbocycles. The molecule has 1 saturated carbocycles. The van der Waals surface area contributed by atoms with E-state index >= 15 is 0 Å². The summed E-state index contributed by atoms with van der Waals surface area (Å²) in [5, 5.41) is 10.7. The first-order chi connectivity index (χ1) is 13.7. The van der Waals surface area contributed by atoms with Crippen molar-refractivity contribution >= 4 is 28.4 Å². The van der Waals surface area contributed by atoms with Crippen LogP contribution in [0.5, 0.6) is 5.75 Å². The molecule has 0 radical (unpaired) electrons. The van der Waals surface area contributed by atoms with Gasteiger partial charge in [-0.15, -0.1) is 0 Å². The lowest BCUT2D eigenvalue weighted by Crippen LogP contribution is -2.34. The van der Waals surface area contributed by atoms with Gasteiger partial charge in [-0.3, -0.25) is 0 Å². The Balaban J connectivity index is 1.92. The van der Waals surface area contributed by atoms with Crippen molar-refractivity contribution in [3.05, 3.63) is 60.2 Å². The molecule has 3 aromatic rings. The standard InChI is InChI=1S/C23H24N2O3/c1-28-19-13-12-16-14-20(23(26)27)22(24-21(16)15-19)25(17-8-4-2-5-9-17)18-10-6-3-7-11-18/h2,4-5,8-9,12-15,18H,3,6-7,10-11H2,1H3,(H,26,27). The van der Waals surface area contributed by atoms with Gasteiger partial charge < -0.3 is 14.7 Å². The number of carboxylic acid groups (broad SMARTS) is 1. The Morgan fingerprint density at radius 2 is 1.82 bits per heavy atom. The van der Waals surface area contributed by atoms with Crippen LogP contribution in [0, 0.1) is 0 Å². The Labute approximate surface area is 164 Å². The van der Waals surface area contributed by atoms with Crippen molar-refractivity contribution in [3.63, 3.8) is 0 Å². The number of aromatic nitrogens is 1. The van der Waals surface area contributed by atoms with Crippen molar-refractivity contribution in [2.45, 2.75) is 38.1 Å². The van der Waals surface area contributed by atoms with Crippen LogP contribution in [0.4, 0.5) is 11.5 Å². The van der Waals surface area contributed by atoms with Gasteiger partial charge >= 0.3 is 5.97 Å². The predicted molar refractivity (Wildman–Crippen MR) is 111 cm³/mol. The molecule has 0 amide bonds. The van der Waals surface area contributed by atoms with E-state index in [0.717, 1.165) is 42.3 Å². The Kier molecular flexibility index (Phi) is 5.15. The summed E-state index contributed by atoms with van der Waals surface area (Å²) in [4.78, 5) is 19.1. The van der Waals surface area contributed by atoms with E-state index in [0.29, 0.717) is 11.6 Å². The highest BCUT2D eigenvalue weighted by Crippen LogP contribution is 2.36. The molecule has 0 bridgehead atoms. The maximum absolute atomic E-state index is 12.1. The molecule has 1 aliphatic rings. The van der Waals surface area contributed by atoms with Crippen molar-refractivity contribution in [1.82, 2.24) is 4.98 Å². The van der Waals surface area contributed by atoms with Gasteiger partial charge in [0.05, 0.1) is 12.6 Å². The quantitative estimate of drug-likeness (QED) is 0.645. The lowest BCUT2D eigenvalue weighted by molar-refractivity contribution is 0.0697. The molecule has 0 atom stereocenters. The summed E-state index contributed by atoms with van der Waals surface area (Å²) in [6.45, 7) is 0. The summed E-state index contributed by atoms with van der Waals surface area (Å²) in [5.41, 5.74) is 1.94. The summed E-state index contributed by atoms with van der Waals surface area (Å²) in [6.07, 6.45) is 5.60. The zero-order valence-electron chi connectivity index (χ0n) is 16.0. The molecule has 144 valence electrons. The van der Waals surface area contributed by atoms with Gasteiger partial charge in [0.2, 0.25) is 0 Å². The number of methoxy groups -OCH3 is 1. The van der Waals surface area contributed by atoms with Crippen molar-refractivity contribution < 1.29 is 14.6 Å². The topological polar surface area (TPSA) is 62.7 Å². The van der Waals surface area contributed by atoms with Crippen LogP contribution in [-0.2, 0) is 0 Å². The summed E-state index contributed by atoms with van der Waals surface area (Å²) in [5.74, 6) is 0.251. The number of hydrogen-bond acceptors (Lipinski definition) is 4. The Morgan fingerprint density at radius 1 is 1.07 bits per heavy atom. The maximum Gasteiger partial charge on any atom is 0.339 e. The summed E-state index contributed by atoms with van der Waals surface area (Å²) >= 11 is 0. The van der Waals surface area contributed by atoms with Gasteiger partial charge in [-0.2, -0.15) is 0 Å². The molecule has 5 heteroatoms. The normalized spacial score (nSPS) is 14.8. The highest BCUT2D eigenvalue weighted by molar-refractivity contribution is 5.99. The number of pyridine rings is 1. The van der Waals surface area contributed by atoms with Crippen LogP contribution < -0.4 is 9.64 Å². The number of benzene rings is 2. The molecule has 0 unspecified atom stereocenters. The average Bonchev–Trinajstić information content (AvgIpc) is 2.74. The number of carbonyl (C=O) groups is 1. The van der Waals surface area contributed by atoms with Crippen LogP contribution in [0.15, 0.2) is 54.6 Å². The fourth-order valence-corrected chi connectivity index (χ4v) is 4.04. The van der Waals surface area contributed by atoms with Gasteiger partial charge in [-0.25, -0.2) is 9.78 Å². The molecule has 1 aromatic heterocycles. The van der Waals surface area contributed by atoms with Gasteiger partial charge in [-0.1, -0.05) is 37.5 Å². The van der Waals surface area contributed by atoms with Crippen molar-refractivity contribution in [1.29, 1.82) is 0 Å². The number of hydrogen-bond donors (Lipinski definition) is 1. The number of aromatic carboxylic acids is 1. The molecule has 28 heavy (non-hydrogen) atoms. The highest BCUT2D eigenvalue weighted by atomic mass is 16.5. The Bertz CT molecular complexity index is 982. The molecule has 5 nitrogen and oxygen atoms in total. The minimum absolute atomic E-state index is 0.229. The van der Waals surface area contributed by atoms with Crippen LogP contribution in [0.3, 0.4) is 0 Å². The third-order valence-electron chi connectivity index (χ3n) is 5.44. The van der Waals surface area contributed by atoms with Gasteiger partial charge in [0.15, 0.2) is 0 Å². The first-order valence-electron chi connectivity index (χ1n) is 9.74. The molecule has 0 aliphatic heterocycles. The van der Waals surface area contributed by atoms with Gasteiger partial charge in [0.1, 0.15) is 17.1 Å². The van der Waals surface area contributed by atoms with Crippen LogP contribution in [0.1, 0.15) is 42.5 Å². The second-order valence-electron chi connectivity index (χ2n) is 7.22. The average molecular weight is 376 g/mol. The largest absolute Gasteiger partial charge is 0.497 e. The van der Waals surface area contributed by atoms with Gasteiger partial charge in [0, 0.05) is 23.2 Å². The number of rotatable bonds is 5. The first kappa shape index (κ1) is 18.3.